The number of carboxylic acids is 1. The van der Waals surface area contributed by atoms with Gasteiger partial charge in [0, 0.05) is 6.04 Å². The second-order valence-electron chi connectivity index (χ2n) is 4.49. The summed E-state index contributed by atoms with van der Waals surface area (Å²) in [5.74, 6) is -0.928. The van der Waals surface area contributed by atoms with Crippen LogP contribution in [0.4, 0.5) is 4.79 Å². The summed E-state index contributed by atoms with van der Waals surface area (Å²) >= 11 is 0. The summed E-state index contributed by atoms with van der Waals surface area (Å²) in [5, 5.41) is 14.1. The van der Waals surface area contributed by atoms with Crippen LogP contribution in [0.3, 0.4) is 0 Å². The molecule has 0 aliphatic rings. The molecule has 1 rings (SSSR count). The first kappa shape index (κ1) is 15.0. The van der Waals surface area contributed by atoms with E-state index in [0.717, 1.165) is 12.0 Å². The summed E-state index contributed by atoms with van der Waals surface area (Å²) in [6, 6.07) is 8.86. The molecule has 0 aliphatic heterocycles. The Hall–Kier alpha value is -2.04. The number of nitrogens with one attached hydrogen (secondary N) is 2. The molecule has 19 heavy (non-hydrogen) atoms. The Labute approximate surface area is 113 Å². The smallest absolute Gasteiger partial charge is 0.315 e. The summed E-state index contributed by atoms with van der Waals surface area (Å²) in [7, 11) is 0. The molecule has 1 aromatic carbocycles. The predicted octanol–water partition coefficient (Wildman–Crippen LogP) is 2.30. The Morgan fingerprint density at radius 2 is 1.84 bits per heavy atom. The van der Waals surface area contributed by atoms with Gasteiger partial charge in [-0.3, -0.25) is 4.79 Å². The molecule has 2 atom stereocenters. The van der Waals surface area contributed by atoms with Gasteiger partial charge < -0.3 is 15.7 Å². The molecule has 0 saturated heterocycles. The number of carbonyl (C=O) groups is 2. The maximum atomic E-state index is 11.8. The highest BCUT2D eigenvalue weighted by Crippen LogP contribution is 2.15. The first-order valence-corrected chi connectivity index (χ1v) is 6.36. The monoisotopic (exact) mass is 264 g/mol. The highest BCUT2D eigenvalue weighted by Gasteiger charge is 2.15. The molecular formula is C14H20N2O3. The van der Waals surface area contributed by atoms with Crippen LogP contribution in [0, 0.1) is 0 Å². The number of carbonyl (C=O) groups excluding carboxylic acids is 1. The van der Waals surface area contributed by atoms with E-state index in [1.807, 2.05) is 37.3 Å². The third-order valence-electron chi connectivity index (χ3n) is 2.77. The molecule has 2 amide bonds. The van der Waals surface area contributed by atoms with Crippen LogP contribution in [0.5, 0.6) is 0 Å². The van der Waals surface area contributed by atoms with Crippen molar-refractivity contribution in [3.63, 3.8) is 0 Å². The first-order chi connectivity index (χ1) is 9.02. The van der Waals surface area contributed by atoms with Gasteiger partial charge in [0.05, 0.1) is 12.5 Å². The molecule has 0 radical (unpaired) electrons. The summed E-state index contributed by atoms with van der Waals surface area (Å²) in [6.45, 7) is 3.65. The number of aliphatic carboxylic acids is 1. The van der Waals surface area contributed by atoms with Crippen molar-refractivity contribution >= 4 is 12.0 Å². The second-order valence-corrected chi connectivity index (χ2v) is 4.49. The molecule has 0 saturated carbocycles. The van der Waals surface area contributed by atoms with Gasteiger partial charge >= 0.3 is 12.0 Å². The summed E-state index contributed by atoms with van der Waals surface area (Å²) < 4.78 is 0. The largest absolute Gasteiger partial charge is 0.481 e. The highest BCUT2D eigenvalue weighted by molar-refractivity contribution is 5.76. The number of hydrogen-bond donors (Lipinski definition) is 3. The fourth-order valence-corrected chi connectivity index (χ4v) is 1.84. The van der Waals surface area contributed by atoms with Crippen LogP contribution in [-0.2, 0) is 4.79 Å². The molecule has 2 unspecified atom stereocenters. The lowest BCUT2D eigenvalue weighted by molar-refractivity contribution is -0.137. The fraction of sp³-hybridized carbons (Fsp3) is 0.429. The van der Waals surface area contributed by atoms with E-state index in [2.05, 4.69) is 10.6 Å². The number of rotatable bonds is 6. The van der Waals surface area contributed by atoms with E-state index in [-0.39, 0.29) is 18.5 Å². The molecule has 0 bridgehead atoms. The second kappa shape index (κ2) is 7.41. The van der Waals surface area contributed by atoms with Crippen molar-refractivity contribution in [2.45, 2.75) is 38.8 Å². The lowest BCUT2D eigenvalue weighted by atomic mass is 10.1. The third kappa shape index (κ3) is 5.42. The Morgan fingerprint density at radius 3 is 2.37 bits per heavy atom. The molecule has 0 fully saturated rings. The molecule has 0 aromatic heterocycles. The number of hydrogen-bond acceptors (Lipinski definition) is 2. The Bertz CT molecular complexity index is 420. The van der Waals surface area contributed by atoms with Gasteiger partial charge in [-0.1, -0.05) is 37.3 Å². The zero-order chi connectivity index (χ0) is 14.3. The van der Waals surface area contributed by atoms with Crippen molar-refractivity contribution < 1.29 is 14.7 Å². The molecule has 5 nitrogen and oxygen atoms in total. The quantitative estimate of drug-likeness (QED) is 0.737. The van der Waals surface area contributed by atoms with E-state index >= 15 is 0 Å². The maximum Gasteiger partial charge on any atom is 0.315 e. The minimum atomic E-state index is -0.928. The maximum absolute atomic E-state index is 11.8. The molecule has 0 spiro atoms. The van der Waals surface area contributed by atoms with E-state index in [1.54, 1.807) is 6.92 Å². The minimum Gasteiger partial charge on any atom is -0.481 e. The minimum absolute atomic E-state index is 0.0711. The molecule has 0 heterocycles. The van der Waals surface area contributed by atoms with Gasteiger partial charge in [0.25, 0.3) is 0 Å². The topological polar surface area (TPSA) is 78.4 Å². The Kier molecular flexibility index (Phi) is 5.85. The summed E-state index contributed by atoms with van der Waals surface area (Å²) in [5.41, 5.74) is 1.03. The van der Waals surface area contributed by atoms with Crippen LogP contribution < -0.4 is 10.6 Å². The zero-order valence-corrected chi connectivity index (χ0v) is 11.2. The Morgan fingerprint density at radius 1 is 1.21 bits per heavy atom. The van der Waals surface area contributed by atoms with Gasteiger partial charge in [-0.05, 0) is 18.9 Å². The number of amides is 2. The Balaban J connectivity index is 2.52. The average Bonchev–Trinajstić information content (AvgIpc) is 2.35. The molecule has 104 valence electrons. The summed E-state index contributed by atoms with van der Waals surface area (Å²) in [4.78, 5) is 22.3. The van der Waals surface area contributed by atoms with Crippen LogP contribution in [0.2, 0.25) is 0 Å². The van der Waals surface area contributed by atoms with Crippen LogP contribution in [0.1, 0.15) is 38.3 Å². The normalized spacial score (nSPS) is 13.4. The third-order valence-corrected chi connectivity index (χ3v) is 2.77. The van der Waals surface area contributed by atoms with Crippen molar-refractivity contribution in [2.75, 3.05) is 0 Å². The van der Waals surface area contributed by atoms with Gasteiger partial charge in [-0.25, -0.2) is 4.79 Å². The predicted molar refractivity (Wildman–Crippen MR) is 72.9 cm³/mol. The molecule has 0 aliphatic carbocycles. The standard InChI is InChI=1S/C14H20N2O3/c1-3-12(11-7-5-4-6-8-11)16-14(19)15-10(2)9-13(17)18/h4-8,10,12H,3,9H2,1-2H3,(H,17,18)(H2,15,16,19). The van der Waals surface area contributed by atoms with Crippen molar-refractivity contribution in [2.24, 2.45) is 0 Å². The molecule has 3 N–H and O–H groups in total. The van der Waals surface area contributed by atoms with Crippen molar-refractivity contribution in [3.8, 4) is 0 Å². The van der Waals surface area contributed by atoms with Crippen LogP contribution in [-0.4, -0.2) is 23.1 Å². The van der Waals surface area contributed by atoms with E-state index in [1.165, 1.54) is 0 Å². The van der Waals surface area contributed by atoms with Gasteiger partial charge in [-0.15, -0.1) is 0 Å². The van der Waals surface area contributed by atoms with Gasteiger partial charge in [0.2, 0.25) is 0 Å². The van der Waals surface area contributed by atoms with Crippen molar-refractivity contribution in [1.82, 2.24) is 10.6 Å². The number of benzene rings is 1. The van der Waals surface area contributed by atoms with Crippen molar-refractivity contribution in [1.29, 1.82) is 0 Å². The molecule has 5 heteroatoms. The van der Waals surface area contributed by atoms with Crippen LogP contribution in [0.15, 0.2) is 30.3 Å². The van der Waals surface area contributed by atoms with Gasteiger partial charge in [0.15, 0.2) is 0 Å². The van der Waals surface area contributed by atoms with Crippen LogP contribution >= 0.6 is 0 Å². The van der Waals surface area contributed by atoms with E-state index in [0.29, 0.717) is 0 Å². The molecule has 1 aromatic rings. The molecular weight excluding hydrogens is 244 g/mol. The highest BCUT2D eigenvalue weighted by atomic mass is 16.4. The van der Waals surface area contributed by atoms with E-state index in [9.17, 15) is 9.59 Å². The van der Waals surface area contributed by atoms with E-state index in [4.69, 9.17) is 5.11 Å². The average molecular weight is 264 g/mol. The van der Waals surface area contributed by atoms with Crippen molar-refractivity contribution in [3.05, 3.63) is 35.9 Å². The van der Waals surface area contributed by atoms with Gasteiger partial charge in [0.1, 0.15) is 0 Å². The zero-order valence-electron chi connectivity index (χ0n) is 11.2. The summed E-state index contributed by atoms with van der Waals surface area (Å²) in [6.07, 6.45) is 0.681. The number of urea groups is 1. The lowest BCUT2D eigenvalue weighted by Gasteiger charge is -2.19. The lowest BCUT2D eigenvalue weighted by Crippen LogP contribution is -2.43. The fourth-order valence-electron chi connectivity index (χ4n) is 1.84. The first-order valence-electron chi connectivity index (χ1n) is 6.36. The SMILES string of the molecule is CCC(NC(=O)NC(C)CC(=O)O)c1ccccc1. The van der Waals surface area contributed by atoms with Gasteiger partial charge in [-0.2, -0.15) is 0 Å². The number of carboxylic acid groups (broad SMARTS) is 1. The van der Waals surface area contributed by atoms with Crippen LogP contribution in [0.25, 0.3) is 0 Å². The van der Waals surface area contributed by atoms with E-state index < -0.39 is 12.0 Å².